The predicted molar refractivity (Wildman–Crippen MR) is 77.2 cm³/mol. The fourth-order valence-corrected chi connectivity index (χ4v) is 2.87. The van der Waals surface area contributed by atoms with Gasteiger partial charge in [0.25, 0.3) is 0 Å². The van der Waals surface area contributed by atoms with Crippen molar-refractivity contribution in [2.24, 2.45) is 0 Å². The van der Waals surface area contributed by atoms with Crippen LogP contribution in [0.25, 0.3) is 5.76 Å². The Kier molecular flexibility index (Phi) is 4.30. The maximum Gasteiger partial charge on any atom is 0.203 e. The molecule has 0 N–H and O–H groups in total. The van der Waals surface area contributed by atoms with Crippen LogP contribution in [-0.2, 0) is 23.5 Å². The van der Waals surface area contributed by atoms with E-state index in [1.54, 1.807) is 6.08 Å². The lowest BCUT2D eigenvalue weighted by Crippen LogP contribution is -2.42. The molecule has 3 rings (SSSR count). The number of hydrogen-bond donors (Lipinski definition) is 0. The molecule has 2 aliphatic rings. The van der Waals surface area contributed by atoms with Crippen molar-refractivity contribution in [2.75, 3.05) is 20.3 Å². The zero-order valence-corrected chi connectivity index (χ0v) is 12.5. The van der Waals surface area contributed by atoms with Gasteiger partial charge in [0, 0.05) is 29.4 Å². The summed E-state index contributed by atoms with van der Waals surface area (Å²) in [5.74, 6) is 0.674. The van der Waals surface area contributed by atoms with Crippen LogP contribution < -0.4 is 0 Å². The molecule has 1 aromatic carbocycles. The Morgan fingerprint density at radius 2 is 1.90 bits per heavy atom. The van der Waals surface area contributed by atoms with Gasteiger partial charge in [-0.05, 0) is 12.1 Å². The third-order valence-corrected chi connectivity index (χ3v) is 4.32. The van der Waals surface area contributed by atoms with Gasteiger partial charge < -0.3 is 9.47 Å². The SMILES string of the molecule is COOSc1ccc(C2=CC(=O)C3(CCOCC3)O2)cc1. The number of rotatable bonds is 4. The first-order chi connectivity index (χ1) is 10.2. The number of carbonyl (C=O) groups is 1. The average molecular weight is 308 g/mol. The van der Waals surface area contributed by atoms with Gasteiger partial charge in [0.1, 0.15) is 5.76 Å². The highest BCUT2D eigenvalue weighted by atomic mass is 32.2. The van der Waals surface area contributed by atoms with Crippen LogP contribution >= 0.6 is 12.0 Å². The molecule has 112 valence electrons. The molecule has 1 aromatic rings. The fraction of sp³-hybridized carbons (Fsp3) is 0.400. The molecule has 0 radical (unpaired) electrons. The van der Waals surface area contributed by atoms with Crippen molar-refractivity contribution in [3.05, 3.63) is 35.9 Å². The van der Waals surface area contributed by atoms with Crippen LogP contribution in [0.2, 0.25) is 0 Å². The molecule has 0 atom stereocenters. The number of ketones is 1. The second-order valence-electron chi connectivity index (χ2n) is 4.92. The average Bonchev–Trinajstić information content (AvgIpc) is 2.83. The van der Waals surface area contributed by atoms with E-state index in [2.05, 4.69) is 4.89 Å². The monoisotopic (exact) mass is 308 g/mol. The lowest BCUT2D eigenvalue weighted by Gasteiger charge is -2.31. The molecular weight excluding hydrogens is 292 g/mol. The molecule has 1 spiro atoms. The summed E-state index contributed by atoms with van der Waals surface area (Å²) in [5.41, 5.74) is 0.175. The Morgan fingerprint density at radius 1 is 1.19 bits per heavy atom. The Hall–Kier alpha value is -1.34. The van der Waals surface area contributed by atoms with Gasteiger partial charge in [-0.3, -0.25) is 4.79 Å². The maximum absolute atomic E-state index is 12.2. The number of hydrogen-bond acceptors (Lipinski definition) is 6. The van der Waals surface area contributed by atoms with E-state index in [-0.39, 0.29) is 5.78 Å². The first-order valence-corrected chi connectivity index (χ1v) is 7.48. The molecule has 1 saturated heterocycles. The minimum atomic E-state index is -0.708. The lowest BCUT2D eigenvalue weighted by atomic mass is 9.91. The summed E-state index contributed by atoms with van der Waals surface area (Å²) < 4.78 is 16.1. The molecule has 2 aliphatic heterocycles. The van der Waals surface area contributed by atoms with Crippen LogP contribution in [0.1, 0.15) is 18.4 Å². The normalized spacial score (nSPS) is 20.4. The van der Waals surface area contributed by atoms with Crippen molar-refractivity contribution in [1.82, 2.24) is 0 Å². The van der Waals surface area contributed by atoms with Crippen molar-refractivity contribution < 1.29 is 23.5 Å². The van der Waals surface area contributed by atoms with Crippen molar-refractivity contribution >= 4 is 23.6 Å². The molecule has 2 heterocycles. The van der Waals surface area contributed by atoms with Gasteiger partial charge in [-0.2, -0.15) is 4.33 Å². The predicted octanol–water partition coefficient (Wildman–Crippen LogP) is 2.76. The highest BCUT2D eigenvalue weighted by molar-refractivity contribution is 7.94. The summed E-state index contributed by atoms with van der Waals surface area (Å²) >= 11 is 1.13. The van der Waals surface area contributed by atoms with Crippen molar-refractivity contribution in [1.29, 1.82) is 0 Å². The third-order valence-electron chi connectivity index (χ3n) is 3.65. The van der Waals surface area contributed by atoms with Gasteiger partial charge in [0.15, 0.2) is 5.60 Å². The van der Waals surface area contributed by atoms with E-state index in [1.807, 2.05) is 24.3 Å². The molecule has 0 aliphatic carbocycles. The number of carbonyl (C=O) groups excluding carboxylic acids is 1. The summed E-state index contributed by atoms with van der Waals surface area (Å²) in [6.45, 7) is 1.13. The molecule has 5 nitrogen and oxygen atoms in total. The number of benzene rings is 1. The molecule has 1 fully saturated rings. The molecule has 0 saturated carbocycles. The Balaban J connectivity index is 1.73. The van der Waals surface area contributed by atoms with Crippen molar-refractivity contribution in [3.8, 4) is 0 Å². The second-order valence-corrected chi connectivity index (χ2v) is 5.70. The van der Waals surface area contributed by atoms with Gasteiger partial charge in [-0.1, -0.05) is 12.1 Å². The lowest BCUT2D eigenvalue weighted by molar-refractivity contribution is -0.160. The Bertz CT molecular complexity index is 546. The molecule has 21 heavy (non-hydrogen) atoms. The van der Waals surface area contributed by atoms with Gasteiger partial charge in [0.2, 0.25) is 5.78 Å². The minimum absolute atomic E-state index is 0.0435. The molecule has 0 unspecified atom stereocenters. The Morgan fingerprint density at radius 3 is 2.57 bits per heavy atom. The van der Waals surface area contributed by atoms with Crippen LogP contribution in [0.5, 0.6) is 0 Å². The van der Waals surface area contributed by atoms with E-state index in [0.29, 0.717) is 31.8 Å². The molecule has 0 bridgehead atoms. The van der Waals surface area contributed by atoms with Crippen LogP contribution in [0, 0.1) is 0 Å². The van der Waals surface area contributed by atoms with Crippen molar-refractivity contribution in [3.63, 3.8) is 0 Å². The van der Waals surface area contributed by atoms with E-state index in [0.717, 1.165) is 22.5 Å². The highest BCUT2D eigenvalue weighted by Crippen LogP contribution is 2.38. The van der Waals surface area contributed by atoms with Crippen LogP contribution in [0.4, 0.5) is 0 Å². The van der Waals surface area contributed by atoms with E-state index in [1.165, 1.54) is 7.11 Å². The zero-order valence-electron chi connectivity index (χ0n) is 11.7. The largest absolute Gasteiger partial charge is 0.478 e. The zero-order chi connectivity index (χ0) is 14.7. The summed E-state index contributed by atoms with van der Waals surface area (Å²) in [6, 6.07) is 7.59. The van der Waals surface area contributed by atoms with Gasteiger partial charge >= 0.3 is 0 Å². The molecular formula is C15H16O5S. The number of ether oxygens (including phenoxy) is 2. The Labute approximate surface area is 127 Å². The summed E-state index contributed by atoms with van der Waals surface area (Å²) in [4.78, 5) is 17.7. The third kappa shape index (κ3) is 2.98. The minimum Gasteiger partial charge on any atom is -0.478 e. The second kappa shape index (κ2) is 6.19. The highest BCUT2D eigenvalue weighted by Gasteiger charge is 2.45. The first-order valence-electron chi connectivity index (χ1n) is 6.74. The maximum atomic E-state index is 12.2. The summed E-state index contributed by atoms with van der Waals surface area (Å²) in [7, 11) is 1.46. The molecule has 6 heteroatoms. The van der Waals surface area contributed by atoms with Gasteiger partial charge in [0.05, 0.1) is 32.4 Å². The molecule has 0 amide bonds. The molecule has 0 aromatic heterocycles. The van der Waals surface area contributed by atoms with Crippen molar-refractivity contribution in [2.45, 2.75) is 23.3 Å². The quantitative estimate of drug-likeness (QED) is 0.484. The van der Waals surface area contributed by atoms with Gasteiger partial charge in [-0.25, -0.2) is 4.89 Å². The smallest absolute Gasteiger partial charge is 0.203 e. The van der Waals surface area contributed by atoms with E-state index >= 15 is 0 Å². The first kappa shape index (κ1) is 14.6. The van der Waals surface area contributed by atoms with E-state index < -0.39 is 5.60 Å². The van der Waals surface area contributed by atoms with Crippen LogP contribution in [-0.4, -0.2) is 31.7 Å². The van der Waals surface area contributed by atoms with Crippen LogP contribution in [0.3, 0.4) is 0 Å². The van der Waals surface area contributed by atoms with Crippen LogP contribution in [0.15, 0.2) is 35.2 Å². The van der Waals surface area contributed by atoms with Gasteiger partial charge in [-0.15, -0.1) is 0 Å². The summed E-state index contributed by atoms with van der Waals surface area (Å²) in [5, 5.41) is 0. The fourth-order valence-electron chi connectivity index (χ4n) is 2.48. The summed E-state index contributed by atoms with van der Waals surface area (Å²) in [6.07, 6.45) is 2.82. The standard InChI is InChI=1S/C15H16O5S/c1-17-20-21-12-4-2-11(3-5-12)13-10-14(16)15(19-13)6-8-18-9-7-15/h2-5,10H,6-9H2,1H3. The topological polar surface area (TPSA) is 54.0 Å². The van der Waals surface area contributed by atoms with E-state index in [9.17, 15) is 4.79 Å². The van der Waals surface area contributed by atoms with E-state index in [4.69, 9.17) is 13.8 Å².